The quantitative estimate of drug-likeness (QED) is 0.193. The molecule has 0 aliphatic carbocycles. The Balaban J connectivity index is -0.000000101. The molecule has 0 atom stereocenters. The normalized spacial score (nSPS) is 8.76. The van der Waals surface area contributed by atoms with E-state index in [1.807, 2.05) is 0 Å². The largest absolute Gasteiger partial charge is 1.00 e. The van der Waals surface area contributed by atoms with Crippen molar-refractivity contribution in [2.75, 3.05) is 34.3 Å². The smallest absolute Gasteiger partial charge is 0.414 e. The molecule has 0 fully saturated rings. The van der Waals surface area contributed by atoms with Gasteiger partial charge in [-0.05, 0) is 0 Å². The van der Waals surface area contributed by atoms with Crippen molar-refractivity contribution in [3.05, 3.63) is 0 Å². The highest BCUT2D eigenvalue weighted by Gasteiger charge is 2.04. The van der Waals surface area contributed by atoms with Crippen LogP contribution in [0.3, 0.4) is 0 Å². The summed E-state index contributed by atoms with van der Waals surface area (Å²) < 4.78 is 0.844. The van der Waals surface area contributed by atoms with Crippen LogP contribution < -0.4 is 12.4 Å². The average Bonchev–Trinajstić information content (AvgIpc) is 2.14. The molecule has 0 bridgehead atoms. The molecule has 11 heteroatoms. The third-order valence-corrected chi connectivity index (χ3v) is 1.26. The number of quaternary nitrogens is 1. The van der Waals surface area contributed by atoms with E-state index in [2.05, 4.69) is 21.1 Å². The molecule has 126 valence electrons. The third-order valence-electron chi connectivity index (χ3n) is 1.26. The van der Waals surface area contributed by atoms with Gasteiger partial charge in [-0.15, -0.1) is 0 Å². The second-order valence-corrected chi connectivity index (χ2v) is 4.31. The summed E-state index contributed by atoms with van der Waals surface area (Å²) in [5.41, 5.74) is 0. The monoisotopic (exact) mass is 333 g/mol. The van der Waals surface area contributed by atoms with E-state index in [-0.39, 0.29) is 19.0 Å². The van der Waals surface area contributed by atoms with Gasteiger partial charge < -0.3 is 42.4 Å². The van der Waals surface area contributed by atoms with Crippen molar-refractivity contribution in [3.63, 3.8) is 0 Å². The zero-order chi connectivity index (χ0) is 16.9. The first-order valence-corrected chi connectivity index (χ1v) is 5.14. The Morgan fingerprint density at radius 3 is 1.10 bits per heavy atom. The Morgan fingerprint density at radius 1 is 0.810 bits per heavy atom. The lowest BCUT2D eigenvalue weighted by atomic mass is 10.5. The zero-order valence-electron chi connectivity index (χ0n) is 11.8. The van der Waals surface area contributed by atoms with Crippen LogP contribution in [0.15, 0.2) is 0 Å². The summed E-state index contributed by atoms with van der Waals surface area (Å²) in [5.74, 6) is -6.27. The van der Waals surface area contributed by atoms with Crippen LogP contribution in [0, 0.1) is 0 Å². The number of hydrogen-bond acceptors (Lipinski definition) is 5. The fourth-order valence-electron chi connectivity index (χ4n) is 0.429. The second kappa shape index (κ2) is 14.5. The molecule has 10 nitrogen and oxygen atoms in total. The number of halogens is 1. The van der Waals surface area contributed by atoms with E-state index in [4.69, 9.17) is 35.1 Å². The van der Waals surface area contributed by atoms with Gasteiger partial charge in [0.2, 0.25) is 0 Å². The van der Waals surface area contributed by atoms with Gasteiger partial charge in [0.05, 0.1) is 27.7 Å². The number of aliphatic hydroxyl groups excluding tert-OH is 1. The van der Waals surface area contributed by atoms with Gasteiger partial charge in [-0.3, -0.25) is 9.59 Å². The van der Waals surface area contributed by atoms with Gasteiger partial charge in [0.25, 0.3) is 0 Å². The van der Waals surface area contributed by atoms with Crippen molar-refractivity contribution in [2.24, 2.45) is 0 Å². The van der Waals surface area contributed by atoms with Crippen molar-refractivity contribution in [2.45, 2.75) is 6.42 Å². The fraction of sp³-hybridized carbons (Fsp3) is 0.600. The molecular formula is C10H20ClNO9. The van der Waals surface area contributed by atoms with Crippen molar-refractivity contribution in [3.8, 4) is 0 Å². The predicted octanol–water partition coefficient (Wildman–Crippen LogP) is -4.61. The lowest BCUT2D eigenvalue weighted by molar-refractivity contribution is -0.870. The van der Waals surface area contributed by atoms with Crippen LogP contribution >= 0.6 is 0 Å². The highest BCUT2D eigenvalue weighted by Crippen LogP contribution is 1.84. The molecular weight excluding hydrogens is 314 g/mol. The number of carboxylic acid groups (broad SMARTS) is 4. The highest BCUT2D eigenvalue weighted by molar-refractivity contribution is 6.27. The Bertz CT molecular complexity index is 314. The van der Waals surface area contributed by atoms with E-state index >= 15 is 0 Å². The summed E-state index contributed by atoms with van der Waals surface area (Å²) in [5, 5.41) is 38.6. The van der Waals surface area contributed by atoms with Crippen LogP contribution in [0.2, 0.25) is 0 Å². The average molecular weight is 334 g/mol. The number of hydrogen-bond donors (Lipinski definition) is 5. The van der Waals surface area contributed by atoms with Gasteiger partial charge in [0, 0.05) is 0 Å². The van der Waals surface area contributed by atoms with Gasteiger partial charge in [0.1, 0.15) is 13.0 Å². The Kier molecular flexibility index (Phi) is 18.9. The molecule has 0 saturated heterocycles. The Labute approximate surface area is 127 Å². The molecule has 0 rings (SSSR count). The molecule has 0 aliphatic rings. The van der Waals surface area contributed by atoms with Gasteiger partial charge in [0.15, 0.2) is 0 Å². The van der Waals surface area contributed by atoms with E-state index in [0.29, 0.717) is 0 Å². The molecule has 0 aromatic heterocycles. The molecule has 0 saturated carbocycles. The van der Waals surface area contributed by atoms with E-state index in [0.717, 1.165) is 11.0 Å². The van der Waals surface area contributed by atoms with E-state index in [9.17, 15) is 9.59 Å². The summed E-state index contributed by atoms with van der Waals surface area (Å²) >= 11 is 0. The Morgan fingerprint density at radius 2 is 1.10 bits per heavy atom. The molecule has 0 heterocycles. The highest BCUT2D eigenvalue weighted by atomic mass is 35.5. The van der Waals surface area contributed by atoms with Gasteiger partial charge in [-0.2, -0.15) is 0 Å². The van der Waals surface area contributed by atoms with Crippen molar-refractivity contribution >= 4 is 23.9 Å². The number of aliphatic hydroxyl groups is 1. The number of rotatable bonds is 4. The minimum atomic E-state index is -1.82. The third kappa shape index (κ3) is 46.0. The number of carbonyl (C=O) groups is 4. The first-order valence-electron chi connectivity index (χ1n) is 5.14. The van der Waals surface area contributed by atoms with E-state index in [1.165, 1.54) is 0 Å². The van der Waals surface area contributed by atoms with E-state index < -0.39 is 30.3 Å². The van der Waals surface area contributed by atoms with Crippen LogP contribution in [-0.2, 0) is 19.2 Å². The van der Waals surface area contributed by atoms with Crippen LogP contribution in [0.1, 0.15) is 6.42 Å². The first-order chi connectivity index (χ1) is 8.83. The number of carboxylic acids is 4. The number of likely N-dealkylation sites (N-methyl/N-ethyl adjacent to an activating group) is 1. The number of aliphatic carboxylic acids is 4. The second-order valence-electron chi connectivity index (χ2n) is 4.31. The minimum Gasteiger partial charge on any atom is -1.00 e. The number of nitrogens with zero attached hydrogens (tertiary/aromatic N) is 1. The molecule has 0 spiro atoms. The first kappa shape index (κ1) is 27.4. The van der Waals surface area contributed by atoms with Crippen LogP contribution in [0.5, 0.6) is 0 Å². The summed E-state index contributed by atoms with van der Waals surface area (Å²) in [7, 11) is 6.16. The molecule has 0 unspecified atom stereocenters. The van der Waals surface area contributed by atoms with Crippen molar-refractivity contribution in [1.29, 1.82) is 0 Å². The molecule has 0 radical (unpaired) electrons. The molecule has 0 aromatic rings. The van der Waals surface area contributed by atoms with Crippen LogP contribution in [0.4, 0.5) is 0 Å². The topological polar surface area (TPSA) is 169 Å². The molecule has 21 heavy (non-hydrogen) atoms. The summed E-state index contributed by atoms with van der Waals surface area (Å²) in [4.78, 5) is 37.1. The van der Waals surface area contributed by atoms with Gasteiger partial charge >= 0.3 is 23.9 Å². The van der Waals surface area contributed by atoms with E-state index in [1.54, 1.807) is 0 Å². The maximum atomic E-state index is 9.43. The van der Waals surface area contributed by atoms with Crippen molar-refractivity contribution in [1.82, 2.24) is 0 Å². The SMILES string of the molecule is C[N+](C)(C)CCO.O=C(O)C(=O)O.O=C(O)CC(=O)O.[Cl-]. The maximum absolute atomic E-state index is 9.43. The standard InChI is InChI=1S/C5H14NO.C3H4O4.C2H2O4.ClH/c1-6(2,3)4-5-7;4-2(5)1-3(6)7;3-1(4)2(5)6;/h7H,4-5H2,1-3H3;1H2,(H,4,5)(H,6,7);(H,3,4)(H,5,6);1H/q+1;;;/p-1. The summed E-state index contributed by atoms with van der Waals surface area (Å²) in [6.07, 6.45) is -0.806. The van der Waals surface area contributed by atoms with Gasteiger partial charge in [-0.25, -0.2) is 9.59 Å². The van der Waals surface area contributed by atoms with Gasteiger partial charge in [-0.1, -0.05) is 0 Å². The maximum Gasteiger partial charge on any atom is 0.414 e. The Hall–Kier alpha value is -1.91. The molecule has 0 aliphatic heterocycles. The lowest BCUT2D eigenvalue weighted by Gasteiger charge is -2.21. The zero-order valence-corrected chi connectivity index (χ0v) is 12.6. The molecule has 5 N–H and O–H groups in total. The molecule has 0 aromatic carbocycles. The fourth-order valence-corrected chi connectivity index (χ4v) is 0.429. The molecule has 0 amide bonds. The van der Waals surface area contributed by atoms with Crippen LogP contribution in [-0.4, -0.2) is 88.2 Å². The lowest BCUT2D eigenvalue weighted by Crippen LogP contribution is -3.00. The minimum absolute atomic E-state index is 0. The van der Waals surface area contributed by atoms with Crippen LogP contribution in [0.25, 0.3) is 0 Å². The summed E-state index contributed by atoms with van der Waals surface area (Å²) in [6, 6.07) is 0. The van der Waals surface area contributed by atoms with Crippen molar-refractivity contribution < 1.29 is 61.6 Å². The summed E-state index contributed by atoms with van der Waals surface area (Å²) in [6.45, 7) is 1.11. The predicted molar refractivity (Wildman–Crippen MR) is 65.1 cm³/mol.